The maximum Gasteiger partial charge on any atom is 0.115 e. The molecule has 1 aliphatic heterocycles. The van der Waals surface area contributed by atoms with Gasteiger partial charge in [0, 0.05) is 6.04 Å². The predicted molar refractivity (Wildman–Crippen MR) is 74.6 cm³/mol. The van der Waals surface area contributed by atoms with Crippen molar-refractivity contribution in [2.24, 2.45) is 5.92 Å². The van der Waals surface area contributed by atoms with E-state index in [1.807, 2.05) is 12.1 Å². The number of aromatic hydroxyl groups is 1. The quantitative estimate of drug-likeness (QED) is 0.843. The Hall–Kier alpha value is -0.670. The summed E-state index contributed by atoms with van der Waals surface area (Å²) in [5, 5.41) is 12.9. The van der Waals surface area contributed by atoms with Gasteiger partial charge in [-0.05, 0) is 54.5 Å². The first-order valence-electron chi connectivity index (χ1n) is 6.39. The standard InChI is InChI=1S/C14H21NOS/c1-2-14(12-3-5-13(16)6-4-12)15-9-11-7-8-17-10-11/h3-6,11,14-16H,2,7-10H2,1H3. The highest BCUT2D eigenvalue weighted by Gasteiger charge is 2.17. The molecule has 94 valence electrons. The molecule has 2 rings (SSSR count). The number of hydrogen-bond donors (Lipinski definition) is 2. The van der Waals surface area contributed by atoms with Crippen LogP contribution in [0.1, 0.15) is 31.4 Å². The molecule has 1 saturated heterocycles. The molecular weight excluding hydrogens is 230 g/mol. The fourth-order valence-corrected chi connectivity index (χ4v) is 3.54. The summed E-state index contributed by atoms with van der Waals surface area (Å²) in [6.07, 6.45) is 2.44. The third-order valence-corrected chi connectivity index (χ3v) is 4.61. The molecule has 2 nitrogen and oxygen atoms in total. The zero-order chi connectivity index (χ0) is 12.1. The van der Waals surface area contributed by atoms with Crippen LogP contribution < -0.4 is 5.32 Å². The molecule has 1 aromatic rings. The highest BCUT2D eigenvalue weighted by Crippen LogP contribution is 2.24. The van der Waals surface area contributed by atoms with Crippen LogP contribution in [0.25, 0.3) is 0 Å². The Bertz CT molecular complexity index is 333. The third-order valence-electron chi connectivity index (χ3n) is 3.38. The lowest BCUT2D eigenvalue weighted by Gasteiger charge is -2.19. The molecule has 2 unspecified atom stereocenters. The number of rotatable bonds is 5. The van der Waals surface area contributed by atoms with Gasteiger partial charge in [0.15, 0.2) is 0 Å². The van der Waals surface area contributed by atoms with Gasteiger partial charge in [0.2, 0.25) is 0 Å². The normalized spacial score (nSPS) is 21.6. The van der Waals surface area contributed by atoms with E-state index >= 15 is 0 Å². The number of phenols is 1. The van der Waals surface area contributed by atoms with E-state index in [0.717, 1.165) is 18.9 Å². The van der Waals surface area contributed by atoms with Gasteiger partial charge in [-0.3, -0.25) is 0 Å². The number of hydrogen-bond acceptors (Lipinski definition) is 3. The Morgan fingerprint density at radius 2 is 2.18 bits per heavy atom. The van der Waals surface area contributed by atoms with Crippen molar-refractivity contribution in [2.45, 2.75) is 25.8 Å². The summed E-state index contributed by atoms with van der Waals surface area (Å²) in [5.74, 6) is 3.81. The maximum atomic E-state index is 9.29. The minimum atomic E-state index is 0.343. The first kappa shape index (κ1) is 12.8. The van der Waals surface area contributed by atoms with Gasteiger partial charge in [-0.25, -0.2) is 0 Å². The molecule has 1 heterocycles. The Balaban J connectivity index is 1.89. The summed E-state index contributed by atoms with van der Waals surface area (Å²) in [6, 6.07) is 7.98. The van der Waals surface area contributed by atoms with Crippen molar-refractivity contribution in [2.75, 3.05) is 18.1 Å². The number of nitrogens with one attached hydrogen (secondary N) is 1. The number of thioether (sulfide) groups is 1. The van der Waals surface area contributed by atoms with Crippen LogP contribution in [0.4, 0.5) is 0 Å². The van der Waals surface area contributed by atoms with E-state index in [4.69, 9.17) is 0 Å². The summed E-state index contributed by atoms with van der Waals surface area (Å²) < 4.78 is 0. The van der Waals surface area contributed by atoms with E-state index < -0.39 is 0 Å². The van der Waals surface area contributed by atoms with Crippen molar-refractivity contribution >= 4 is 11.8 Å². The Kier molecular flexibility index (Phi) is 4.75. The average molecular weight is 251 g/mol. The smallest absolute Gasteiger partial charge is 0.115 e. The first-order chi connectivity index (χ1) is 8.29. The summed E-state index contributed by atoms with van der Waals surface area (Å²) in [5.41, 5.74) is 1.27. The maximum absolute atomic E-state index is 9.29. The molecule has 0 aromatic heterocycles. The largest absolute Gasteiger partial charge is 0.508 e. The second-order valence-corrected chi connectivity index (χ2v) is 5.84. The van der Waals surface area contributed by atoms with Crippen LogP contribution >= 0.6 is 11.8 Å². The van der Waals surface area contributed by atoms with Crippen molar-refractivity contribution in [3.8, 4) is 5.75 Å². The molecule has 1 fully saturated rings. The Morgan fingerprint density at radius 3 is 2.76 bits per heavy atom. The van der Waals surface area contributed by atoms with E-state index in [0.29, 0.717) is 11.8 Å². The highest BCUT2D eigenvalue weighted by atomic mass is 32.2. The molecule has 0 amide bonds. The second kappa shape index (κ2) is 6.31. The molecule has 2 N–H and O–H groups in total. The molecule has 0 aliphatic carbocycles. The lowest BCUT2D eigenvalue weighted by molar-refractivity contribution is 0.448. The van der Waals surface area contributed by atoms with Crippen LogP contribution in [0.5, 0.6) is 5.75 Å². The molecule has 1 aliphatic rings. The zero-order valence-electron chi connectivity index (χ0n) is 10.4. The van der Waals surface area contributed by atoms with E-state index in [9.17, 15) is 5.11 Å². The molecule has 3 heteroatoms. The molecule has 1 aromatic carbocycles. The van der Waals surface area contributed by atoms with E-state index in [1.54, 1.807) is 12.1 Å². The van der Waals surface area contributed by atoms with Crippen molar-refractivity contribution in [3.05, 3.63) is 29.8 Å². The lowest BCUT2D eigenvalue weighted by Crippen LogP contribution is -2.27. The molecule has 0 bridgehead atoms. The Labute approximate surface area is 108 Å². The lowest BCUT2D eigenvalue weighted by atomic mass is 10.0. The fraction of sp³-hybridized carbons (Fsp3) is 0.571. The topological polar surface area (TPSA) is 32.3 Å². The molecule has 0 radical (unpaired) electrons. The zero-order valence-corrected chi connectivity index (χ0v) is 11.2. The van der Waals surface area contributed by atoms with Crippen LogP contribution in [0, 0.1) is 5.92 Å². The van der Waals surface area contributed by atoms with Crippen LogP contribution in [-0.4, -0.2) is 23.2 Å². The monoisotopic (exact) mass is 251 g/mol. The van der Waals surface area contributed by atoms with Crippen molar-refractivity contribution < 1.29 is 5.11 Å². The van der Waals surface area contributed by atoms with Crippen molar-refractivity contribution in [3.63, 3.8) is 0 Å². The summed E-state index contributed by atoms with van der Waals surface area (Å²) in [4.78, 5) is 0. The van der Waals surface area contributed by atoms with Crippen LogP contribution in [-0.2, 0) is 0 Å². The Morgan fingerprint density at radius 1 is 1.41 bits per heavy atom. The van der Waals surface area contributed by atoms with Gasteiger partial charge in [0.1, 0.15) is 5.75 Å². The minimum absolute atomic E-state index is 0.343. The second-order valence-electron chi connectivity index (χ2n) is 4.69. The average Bonchev–Trinajstić information content (AvgIpc) is 2.85. The number of benzene rings is 1. The summed E-state index contributed by atoms with van der Waals surface area (Å²) >= 11 is 2.07. The summed E-state index contributed by atoms with van der Waals surface area (Å²) in [6.45, 7) is 3.32. The van der Waals surface area contributed by atoms with Gasteiger partial charge < -0.3 is 10.4 Å². The summed E-state index contributed by atoms with van der Waals surface area (Å²) in [7, 11) is 0. The molecule has 2 atom stereocenters. The molecule has 17 heavy (non-hydrogen) atoms. The van der Waals surface area contributed by atoms with Gasteiger partial charge in [-0.15, -0.1) is 0 Å². The van der Waals surface area contributed by atoms with Gasteiger partial charge in [0.25, 0.3) is 0 Å². The highest BCUT2D eigenvalue weighted by molar-refractivity contribution is 7.99. The predicted octanol–water partition coefficient (Wildman–Crippen LogP) is 3.19. The van der Waals surface area contributed by atoms with E-state index in [2.05, 4.69) is 24.0 Å². The van der Waals surface area contributed by atoms with Crippen LogP contribution in [0.2, 0.25) is 0 Å². The van der Waals surface area contributed by atoms with Gasteiger partial charge in [-0.2, -0.15) is 11.8 Å². The van der Waals surface area contributed by atoms with Crippen LogP contribution in [0.3, 0.4) is 0 Å². The minimum Gasteiger partial charge on any atom is -0.508 e. The SMILES string of the molecule is CCC(NCC1CCSC1)c1ccc(O)cc1. The van der Waals surface area contributed by atoms with Crippen molar-refractivity contribution in [1.29, 1.82) is 0 Å². The van der Waals surface area contributed by atoms with Gasteiger partial charge in [-0.1, -0.05) is 19.1 Å². The third kappa shape index (κ3) is 3.65. The molecule has 0 spiro atoms. The van der Waals surface area contributed by atoms with Gasteiger partial charge in [0.05, 0.1) is 0 Å². The fourth-order valence-electron chi connectivity index (χ4n) is 2.26. The first-order valence-corrected chi connectivity index (χ1v) is 7.55. The van der Waals surface area contributed by atoms with Crippen molar-refractivity contribution in [1.82, 2.24) is 5.32 Å². The molecular formula is C14H21NOS. The van der Waals surface area contributed by atoms with E-state index in [-0.39, 0.29) is 0 Å². The van der Waals surface area contributed by atoms with E-state index in [1.165, 1.54) is 23.5 Å². The molecule has 0 saturated carbocycles. The number of phenolic OH excluding ortho intramolecular Hbond substituents is 1. The van der Waals surface area contributed by atoms with Crippen LogP contribution in [0.15, 0.2) is 24.3 Å². The van der Waals surface area contributed by atoms with Gasteiger partial charge >= 0.3 is 0 Å².